The number of benzene rings is 2. The Labute approximate surface area is 204 Å². The third kappa shape index (κ3) is 7.91. The highest BCUT2D eigenvalue weighted by Gasteiger charge is 2.28. The zero-order chi connectivity index (χ0) is 23.7. The largest absolute Gasteiger partial charge is 0.497 e. The Bertz CT molecular complexity index is 907. The molecule has 0 saturated carbocycles. The van der Waals surface area contributed by atoms with Crippen molar-refractivity contribution in [2.75, 3.05) is 12.9 Å². The fourth-order valence-electron chi connectivity index (χ4n) is 3.20. The van der Waals surface area contributed by atoms with Crippen LogP contribution in [0.3, 0.4) is 0 Å². The summed E-state index contributed by atoms with van der Waals surface area (Å²) < 4.78 is 5.22. The van der Waals surface area contributed by atoms with Crippen molar-refractivity contribution >= 4 is 46.8 Å². The van der Waals surface area contributed by atoms with E-state index in [2.05, 4.69) is 5.32 Å². The maximum atomic E-state index is 13.2. The van der Waals surface area contributed by atoms with Gasteiger partial charge in [0, 0.05) is 18.3 Å². The third-order valence-electron chi connectivity index (χ3n) is 4.81. The predicted octanol–water partition coefficient (Wildman–Crippen LogP) is 5.57. The standard InChI is InChI=1S/C24H30Cl2N2O3S/c1-5-22(24(30)27-16(2)3)28(13-17-6-9-19(31-4)10-7-17)23(29)15-32-14-18-8-11-20(25)21(26)12-18/h6-12,16,22H,5,13-15H2,1-4H3,(H,27,30)/t22-/m1/s1. The van der Waals surface area contributed by atoms with Crippen LogP contribution < -0.4 is 10.1 Å². The molecule has 5 nitrogen and oxygen atoms in total. The van der Waals surface area contributed by atoms with Gasteiger partial charge >= 0.3 is 0 Å². The van der Waals surface area contributed by atoms with Crippen LogP contribution in [0.1, 0.15) is 38.3 Å². The molecule has 0 aliphatic carbocycles. The Morgan fingerprint density at radius 3 is 2.28 bits per heavy atom. The summed E-state index contributed by atoms with van der Waals surface area (Å²) >= 11 is 13.5. The molecule has 2 amide bonds. The van der Waals surface area contributed by atoms with Gasteiger partial charge in [-0.3, -0.25) is 9.59 Å². The molecule has 0 aromatic heterocycles. The molecule has 1 N–H and O–H groups in total. The van der Waals surface area contributed by atoms with Gasteiger partial charge in [-0.2, -0.15) is 0 Å². The Morgan fingerprint density at radius 2 is 1.72 bits per heavy atom. The van der Waals surface area contributed by atoms with Crippen LogP contribution in [0.4, 0.5) is 0 Å². The van der Waals surface area contributed by atoms with E-state index in [1.165, 1.54) is 11.8 Å². The van der Waals surface area contributed by atoms with E-state index >= 15 is 0 Å². The molecule has 32 heavy (non-hydrogen) atoms. The minimum atomic E-state index is -0.544. The van der Waals surface area contributed by atoms with Gasteiger partial charge in [-0.05, 0) is 55.7 Å². The number of amides is 2. The van der Waals surface area contributed by atoms with Gasteiger partial charge in [-0.25, -0.2) is 0 Å². The van der Waals surface area contributed by atoms with E-state index in [0.717, 1.165) is 16.9 Å². The smallest absolute Gasteiger partial charge is 0.243 e. The fraction of sp³-hybridized carbons (Fsp3) is 0.417. The van der Waals surface area contributed by atoms with Gasteiger partial charge in [-0.15, -0.1) is 11.8 Å². The van der Waals surface area contributed by atoms with E-state index in [9.17, 15) is 9.59 Å². The zero-order valence-corrected chi connectivity index (χ0v) is 21.2. The van der Waals surface area contributed by atoms with Crippen LogP contribution in [0.15, 0.2) is 42.5 Å². The second-order valence-corrected chi connectivity index (χ2v) is 9.50. The number of rotatable bonds is 11. The highest BCUT2D eigenvalue weighted by Crippen LogP contribution is 2.25. The number of nitrogens with zero attached hydrogens (tertiary/aromatic N) is 1. The molecular formula is C24H30Cl2N2O3S. The van der Waals surface area contributed by atoms with Gasteiger partial charge < -0.3 is 15.0 Å². The lowest BCUT2D eigenvalue weighted by Gasteiger charge is -2.31. The maximum Gasteiger partial charge on any atom is 0.243 e. The number of nitrogens with one attached hydrogen (secondary N) is 1. The first kappa shape index (κ1) is 26.4. The van der Waals surface area contributed by atoms with E-state index < -0.39 is 6.04 Å². The molecule has 0 saturated heterocycles. The molecule has 2 aromatic rings. The van der Waals surface area contributed by atoms with Crippen molar-refractivity contribution in [3.63, 3.8) is 0 Å². The van der Waals surface area contributed by atoms with Crippen LogP contribution in [-0.2, 0) is 21.9 Å². The summed E-state index contributed by atoms with van der Waals surface area (Å²) in [6, 6.07) is 12.4. The Kier molecular flexibility index (Phi) is 10.7. The molecule has 0 bridgehead atoms. The number of thioether (sulfide) groups is 1. The molecule has 2 aromatic carbocycles. The van der Waals surface area contributed by atoms with Crippen LogP contribution in [0, 0.1) is 0 Å². The minimum absolute atomic E-state index is 0.00137. The van der Waals surface area contributed by atoms with Gasteiger partial charge in [0.25, 0.3) is 0 Å². The van der Waals surface area contributed by atoms with Crippen LogP contribution in [0.5, 0.6) is 5.75 Å². The van der Waals surface area contributed by atoms with Gasteiger partial charge in [-0.1, -0.05) is 48.3 Å². The number of hydrogen-bond donors (Lipinski definition) is 1. The fourth-order valence-corrected chi connectivity index (χ4v) is 4.37. The number of halogens is 2. The highest BCUT2D eigenvalue weighted by atomic mass is 35.5. The second kappa shape index (κ2) is 13.0. The van der Waals surface area contributed by atoms with Crippen molar-refractivity contribution in [1.29, 1.82) is 0 Å². The average Bonchev–Trinajstić information content (AvgIpc) is 2.76. The summed E-state index contributed by atoms with van der Waals surface area (Å²) in [5.41, 5.74) is 1.92. The van der Waals surface area contributed by atoms with Gasteiger partial charge in [0.1, 0.15) is 11.8 Å². The van der Waals surface area contributed by atoms with Crippen molar-refractivity contribution in [3.8, 4) is 5.75 Å². The van der Waals surface area contributed by atoms with Gasteiger partial charge in [0.05, 0.1) is 22.9 Å². The Morgan fingerprint density at radius 1 is 1.06 bits per heavy atom. The molecular weight excluding hydrogens is 467 g/mol. The Balaban J connectivity index is 2.13. The van der Waals surface area contributed by atoms with E-state index in [-0.39, 0.29) is 23.6 Å². The summed E-state index contributed by atoms with van der Waals surface area (Å²) in [4.78, 5) is 27.7. The lowest BCUT2D eigenvalue weighted by Crippen LogP contribution is -2.50. The molecule has 0 aliphatic heterocycles. The number of ether oxygens (including phenoxy) is 1. The first-order chi connectivity index (χ1) is 15.2. The van der Waals surface area contributed by atoms with Gasteiger partial charge in [0.2, 0.25) is 11.8 Å². The molecule has 0 unspecified atom stereocenters. The maximum absolute atomic E-state index is 13.2. The van der Waals surface area contributed by atoms with Crippen molar-refractivity contribution < 1.29 is 14.3 Å². The van der Waals surface area contributed by atoms with E-state index in [4.69, 9.17) is 27.9 Å². The first-order valence-electron chi connectivity index (χ1n) is 10.5. The SMILES string of the molecule is CC[C@H](C(=O)NC(C)C)N(Cc1ccc(OC)cc1)C(=O)CSCc1ccc(Cl)c(Cl)c1. The van der Waals surface area contributed by atoms with E-state index in [1.54, 1.807) is 24.1 Å². The molecule has 0 radical (unpaired) electrons. The monoisotopic (exact) mass is 496 g/mol. The third-order valence-corrected chi connectivity index (χ3v) is 6.53. The Hall–Kier alpha value is -1.89. The van der Waals surface area contributed by atoms with Crippen molar-refractivity contribution in [3.05, 3.63) is 63.6 Å². The molecule has 8 heteroatoms. The number of carbonyl (C=O) groups is 2. The first-order valence-corrected chi connectivity index (χ1v) is 12.4. The number of methoxy groups -OCH3 is 1. The molecule has 0 spiro atoms. The number of hydrogen-bond acceptors (Lipinski definition) is 4. The topological polar surface area (TPSA) is 58.6 Å². The van der Waals surface area contributed by atoms with Crippen molar-refractivity contribution in [1.82, 2.24) is 10.2 Å². The van der Waals surface area contributed by atoms with Crippen molar-refractivity contribution in [2.45, 2.75) is 51.6 Å². The molecule has 0 fully saturated rings. The van der Waals surface area contributed by atoms with Crippen LogP contribution in [0.2, 0.25) is 10.0 Å². The normalized spacial score (nSPS) is 11.8. The zero-order valence-electron chi connectivity index (χ0n) is 18.9. The predicted molar refractivity (Wildman–Crippen MR) is 134 cm³/mol. The summed E-state index contributed by atoms with van der Waals surface area (Å²) in [6.07, 6.45) is 0.526. The summed E-state index contributed by atoms with van der Waals surface area (Å²) in [6.45, 7) is 6.09. The quantitative estimate of drug-likeness (QED) is 0.441. The number of carbonyl (C=O) groups excluding carboxylic acids is 2. The van der Waals surface area contributed by atoms with Crippen LogP contribution >= 0.6 is 35.0 Å². The molecule has 1 atom stereocenters. The second-order valence-electron chi connectivity index (χ2n) is 7.70. The van der Waals surface area contributed by atoms with Crippen LogP contribution in [0.25, 0.3) is 0 Å². The van der Waals surface area contributed by atoms with E-state index in [1.807, 2.05) is 51.1 Å². The van der Waals surface area contributed by atoms with Crippen LogP contribution in [-0.4, -0.2) is 41.7 Å². The summed E-state index contributed by atoms with van der Waals surface area (Å²) in [5, 5.41) is 3.94. The van der Waals surface area contributed by atoms with E-state index in [0.29, 0.717) is 28.8 Å². The summed E-state index contributed by atoms with van der Waals surface area (Å²) in [5.74, 6) is 1.39. The molecule has 2 rings (SSSR count). The molecule has 0 heterocycles. The van der Waals surface area contributed by atoms with Gasteiger partial charge in [0.15, 0.2) is 0 Å². The molecule has 0 aliphatic rings. The van der Waals surface area contributed by atoms with Crippen molar-refractivity contribution in [2.24, 2.45) is 0 Å². The summed E-state index contributed by atoms with van der Waals surface area (Å²) in [7, 11) is 1.61. The minimum Gasteiger partial charge on any atom is -0.497 e. The average molecular weight is 497 g/mol. The molecule has 174 valence electrons. The lowest BCUT2D eigenvalue weighted by molar-refractivity contribution is -0.139. The highest BCUT2D eigenvalue weighted by molar-refractivity contribution is 7.99. The lowest BCUT2D eigenvalue weighted by atomic mass is 10.1.